The third kappa shape index (κ3) is 5.66. The largest absolute Gasteiger partial charge is 0.497 e. The van der Waals surface area contributed by atoms with Crippen molar-refractivity contribution in [2.24, 2.45) is 0 Å². The third-order valence-electron chi connectivity index (χ3n) is 6.79. The number of benzene rings is 2. The monoisotopic (exact) mass is 449 g/mol. The zero-order valence-electron chi connectivity index (χ0n) is 20.8. The second-order valence-electron chi connectivity index (χ2n) is 8.92. The number of hydrogen-bond acceptors (Lipinski definition) is 4. The first-order valence-electron chi connectivity index (χ1n) is 12.1. The van der Waals surface area contributed by atoms with Gasteiger partial charge in [-0.25, -0.2) is 0 Å². The fraction of sp³-hybridized carbons (Fsp3) is 0.464. The Labute approximate surface area is 199 Å². The average Bonchev–Trinajstić information content (AvgIpc) is 2.83. The minimum Gasteiger partial charge on any atom is -0.497 e. The number of nitrogens with zero attached hydrogens (tertiary/aromatic N) is 3. The van der Waals surface area contributed by atoms with E-state index in [1.807, 2.05) is 43.0 Å². The summed E-state index contributed by atoms with van der Waals surface area (Å²) in [6.07, 6.45) is 1.99. The first-order chi connectivity index (χ1) is 15.9. The van der Waals surface area contributed by atoms with E-state index in [9.17, 15) is 4.79 Å². The Bertz CT molecular complexity index is 923. The summed E-state index contributed by atoms with van der Waals surface area (Å²) >= 11 is 0. The van der Waals surface area contributed by atoms with Crippen LogP contribution >= 0.6 is 0 Å². The lowest BCUT2D eigenvalue weighted by molar-refractivity contribution is 0.0306. The molecule has 5 heteroatoms. The lowest BCUT2D eigenvalue weighted by atomic mass is 9.92. The number of carbonyl (C=O) groups is 1. The first kappa shape index (κ1) is 25.0. The van der Waals surface area contributed by atoms with Gasteiger partial charge in [0.2, 0.25) is 0 Å². The van der Waals surface area contributed by atoms with Crippen molar-refractivity contribution in [3.63, 3.8) is 0 Å². The molecule has 3 atom stereocenters. The van der Waals surface area contributed by atoms with Crippen molar-refractivity contribution < 1.29 is 9.53 Å². The van der Waals surface area contributed by atoms with Gasteiger partial charge < -0.3 is 9.64 Å². The molecule has 0 aromatic heterocycles. The molecule has 2 aromatic rings. The Balaban J connectivity index is 1.98. The molecule has 1 aliphatic heterocycles. The summed E-state index contributed by atoms with van der Waals surface area (Å²) in [5.41, 5.74) is 3.13. The van der Waals surface area contributed by atoms with E-state index in [4.69, 9.17) is 4.74 Å². The SMILES string of the molecule is C=CCN1C[C@H](C)N([C@@H](c2ccc(C(=O)N(CC)CC)cc2)c2cccc(OC)c2)C[C@H]1C. The molecule has 3 rings (SSSR count). The number of methoxy groups -OCH3 is 1. The van der Waals surface area contributed by atoms with Gasteiger partial charge in [0.1, 0.15) is 5.75 Å². The van der Waals surface area contributed by atoms with Gasteiger partial charge in [0.05, 0.1) is 13.2 Å². The lowest BCUT2D eigenvalue weighted by Gasteiger charge is -2.47. The second-order valence-corrected chi connectivity index (χ2v) is 8.92. The molecule has 0 bridgehead atoms. The number of piperazine rings is 1. The molecule has 1 saturated heterocycles. The molecule has 1 fully saturated rings. The standard InChI is InChI=1S/C28H39N3O2/c1-7-17-30-19-22(5)31(20-21(30)4)27(25-11-10-12-26(18-25)33-6)23-13-15-24(16-14-23)28(32)29(8-2)9-3/h7,10-16,18,21-22,27H,1,8-9,17,19-20H2,2-6H3/t21-,22+,27+/m1/s1. The number of ether oxygens (including phenoxy) is 1. The van der Waals surface area contributed by atoms with Crippen molar-refractivity contribution in [2.45, 2.75) is 45.8 Å². The molecule has 1 amide bonds. The van der Waals surface area contributed by atoms with Crippen molar-refractivity contribution in [1.82, 2.24) is 14.7 Å². The third-order valence-corrected chi connectivity index (χ3v) is 6.79. The quantitative estimate of drug-likeness (QED) is 0.513. The zero-order chi connectivity index (χ0) is 24.0. The molecule has 2 aromatic carbocycles. The highest BCUT2D eigenvalue weighted by Gasteiger charge is 2.34. The van der Waals surface area contributed by atoms with E-state index in [1.54, 1.807) is 7.11 Å². The Hall–Kier alpha value is -2.63. The van der Waals surface area contributed by atoms with Crippen LogP contribution < -0.4 is 4.74 Å². The fourth-order valence-electron chi connectivity index (χ4n) is 4.89. The van der Waals surface area contributed by atoms with Crippen molar-refractivity contribution in [3.8, 4) is 5.75 Å². The van der Waals surface area contributed by atoms with Crippen LogP contribution in [-0.4, -0.2) is 72.5 Å². The predicted octanol–water partition coefficient (Wildman–Crippen LogP) is 4.85. The summed E-state index contributed by atoms with van der Waals surface area (Å²) in [4.78, 5) is 19.8. The van der Waals surface area contributed by atoms with E-state index in [2.05, 4.69) is 60.6 Å². The van der Waals surface area contributed by atoms with Gasteiger partial charge in [-0.2, -0.15) is 0 Å². The number of rotatable bonds is 9. The predicted molar refractivity (Wildman–Crippen MR) is 136 cm³/mol. The number of carbonyl (C=O) groups excluding carboxylic acids is 1. The normalized spacial score (nSPS) is 20.3. The van der Waals surface area contributed by atoms with Crippen LogP contribution in [0, 0.1) is 0 Å². The molecule has 178 valence electrons. The van der Waals surface area contributed by atoms with Crippen LogP contribution in [0.5, 0.6) is 5.75 Å². The number of amides is 1. The Morgan fingerprint density at radius 2 is 1.79 bits per heavy atom. The van der Waals surface area contributed by atoms with Gasteiger partial charge in [0, 0.05) is 50.4 Å². The van der Waals surface area contributed by atoms with Gasteiger partial charge >= 0.3 is 0 Å². The van der Waals surface area contributed by atoms with E-state index in [0.29, 0.717) is 25.2 Å². The Morgan fingerprint density at radius 1 is 1.09 bits per heavy atom. The van der Waals surface area contributed by atoms with Crippen molar-refractivity contribution in [3.05, 3.63) is 77.9 Å². The first-order valence-corrected chi connectivity index (χ1v) is 12.1. The minimum atomic E-state index is 0.0843. The van der Waals surface area contributed by atoms with Gasteiger partial charge in [0.15, 0.2) is 0 Å². The van der Waals surface area contributed by atoms with E-state index in [-0.39, 0.29) is 11.9 Å². The maximum Gasteiger partial charge on any atom is 0.253 e. The Kier molecular flexibility index (Phi) is 8.70. The summed E-state index contributed by atoms with van der Waals surface area (Å²) in [6.45, 7) is 16.8. The highest BCUT2D eigenvalue weighted by Crippen LogP contribution is 2.34. The summed E-state index contributed by atoms with van der Waals surface area (Å²) in [7, 11) is 1.71. The van der Waals surface area contributed by atoms with Gasteiger partial charge in [0.25, 0.3) is 5.91 Å². The maximum atomic E-state index is 12.8. The van der Waals surface area contributed by atoms with Crippen LogP contribution in [-0.2, 0) is 0 Å². The molecule has 33 heavy (non-hydrogen) atoms. The smallest absolute Gasteiger partial charge is 0.253 e. The summed E-state index contributed by atoms with van der Waals surface area (Å²) in [5, 5.41) is 0. The summed E-state index contributed by atoms with van der Waals surface area (Å²) in [6, 6.07) is 17.4. The topological polar surface area (TPSA) is 36.0 Å². The second kappa shape index (κ2) is 11.5. The lowest BCUT2D eigenvalue weighted by Crippen LogP contribution is -2.57. The van der Waals surface area contributed by atoms with Crippen molar-refractivity contribution >= 4 is 5.91 Å². The highest BCUT2D eigenvalue weighted by atomic mass is 16.5. The molecule has 1 heterocycles. The van der Waals surface area contributed by atoms with E-state index < -0.39 is 0 Å². The van der Waals surface area contributed by atoms with E-state index in [1.165, 1.54) is 11.1 Å². The van der Waals surface area contributed by atoms with E-state index >= 15 is 0 Å². The Morgan fingerprint density at radius 3 is 2.39 bits per heavy atom. The van der Waals surface area contributed by atoms with Gasteiger partial charge in [-0.3, -0.25) is 14.6 Å². The molecule has 0 spiro atoms. The fourth-order valence-corrected chi connectivity index (χ4v) is 4.89. The van der Waals surface area contributed by atoms with Gasteiger partial charge in [-0.15, -0.1) is 6.58 Å². The summed E-state index contributed by atoms with van der Waals surface area (Å²) < 4.78 is 5.54. The molecule has 0 unspecified atom stereocenters. The highest BCUT2D eigenvalue weighted by molar-refractivity contribution is 5.94. The average molecular weight is 450 g/mol. The van der Waals surface area contributed by atoms with Gasteiger partial charge in [-0.05, 0) is 63.1 Å². The van der Waals surface area contributed by atoms with Crippen LogP contribution in [0.3, 0.4) is 0 Å². The van der Waals surface area contributed by atoms with E-state index in [0.717, 1.165) is 30.9 Å². The van der Waals surface area contributed by atoms with Crippen molar-refractivity contribution in [2.75, 3.05) is 39.8 Å². The molecule has 0 N–H and O–H groups in total. The molecule has 5 nitrogen and oxygen atoms in total. The van der Waals surface area contributed by atoms with Crippen LogP contribution in [0.4, 0.5) is 0 Å². The van der Waals surface area contributed by atoms with Gasteiger partial charge in [-0.1, -0.05) is 30.3 Å². The van der Waals surface area contributed by atoms with Crippen LogP contribution in [0.2, 0.25) is 0 Å². The van der Waals surface area contributed by atoms with Crippen molar-refractivity contribution in [1.29, 1.82) is 0 Å². The molecule has 1 aliphatic rings. The maximum absolute atomic E-state index is 12.8. The summed E-state index contributed by atoms with van der Waals surface area (Å²) in [5.74, 6) is 0.946. The number of hydrogen-bond donors (Lipinski definition) is 0. The zero-order valence-corrected chi connectivity index (χ0v) is 20.8. The molecular weight excluding hydrogens is 410 g/mol. The molecular formula is C28H39N3O2. The minimum absolute atomic E-state index is 0.0843. The van der Waals surface area contributed by atoms with Crippen LogP contribution in [0.1, 0.15) is 55.2 Å². The molecule has 0 aliphatic carbocycles. The van der Waals surface area contributed by atoms with Crippen LogP contribution in [0.25, 0.3) is 0 Å². The molecule has 0 radical (unpaired) electrons. The molecule has 0 saturated carbocycles. The van der Waals surface area contributed by atoms with Crippen LogP contribution in [0.15, 0.2) is 61.2 Å².